The van der Waals surface area contributed by atoms with E-state index in [9.17, 15) is 33.6 Å². The van der Waals surface area contributed by atoms with Gasteiger partial charge >= 0.3 is 0 Å². The van der Waals surface area contributed by atoms with Crippen LogP contribution in [0.2, 0.25) is 0 Å². The summed E-state index contributed by atoms with van der Waals surface area (Å²) >= 11 is 0. The van der Waals surface area contributed by atoms with E-state index in [1.54, 1.807) is 41.5 Å². The molecule has 5 amide bonds. The van der Waals surface area contributed by atoms with Crippen molar-refractivity contribution in [2.75, 3.05) is 114 Å². The number of hydrogen-bond acceptors (Lipinski definition) is 12. The molecular formula is C56H107N9O8. The number of Topliss-reactive ketones (excluding diaryl/α,β-unsaturated/α-hetero) is 3. The molecule has 17 nitrogen and oxygen atoms in total. The van der Waals surface area contributed by atoms with Gasteiger partial charge in [-0.1, -0.05) is 88.5 Å². The molecule has 4 unspecified atom stereocenters. The van der Waals surface area contributed by atoms with Gasteiger partial charge < -0.3 is 46.2 Å². The van der Waals surface area contributed by atoms with Gasteiger partial charge in [0, 0.05) is 138 Å². The minimum Gasteiger partial charge on any atom is -0.356 e. The molecule has 0 aliphatic heterocycles. The summed E-state index contributed by atoms with van der Waals surface area (Å²) in [6.07, 6.45) is 5.06. The second-order valence-corrected chi connectivity index (χ2v) is 23.3. The number of nitrogens with zero attached hydrogens (tertiary/aromatic N) is 4. The maximum absolute atomic E-state index is 15.1. The maximum Gasteiger partial charge on any atom is 0.223 e. The molecule has 0 saturated carbocycles. The van der Waals surface area contributed by atoms with Crippen molar-refractivity contribution in [1.29, 1.82) is 0 Å². The Morgan fingerprint density at radius 2 is 0.712 bits per heavy atom. The average Bonchev–Trinajstić information content (AvgIpc) is 3.30. The lowest BCUT2D eigenvalue weighted by Gasteiger charge is -2.35. The van der Waals surface area contributed by atoms with E-state index in [2.05, 4.69) is 46.2 Å². The summed E-state index contributed by atoms with van der Waals surface area (Å²) in [4.78, 5) is 120. The van der Waals surface area contributed by atoms with Gasteiger partial charge in [-0.2, -0.15) is 0 Å². The number of rotatable bonds is 43. The predicted molar refractivity (Wildman–Crippen MR) is 295 cm³/mol. The molecule has 0 aliphatic rings. The Morgan fingerprint density at radius 3 is 1.14 bits per heavy atom. The monoisotopic (exact) mass is 1030 g/mol. The van der Waals surface area contributed by atoms with Crippen LogP contribution in [-0.4, -0.2) is 181 Å². The summed E-state index contributed by atoms with van der Waals surface area (Å²) in [5, 5.41) is 14.9. The molecule has 4 atom stereocenters. The van der Waals surface area contributed by atoms with Crippen molar-refractivity contribution >= 4 is 46.9 Å². The van der Waals surface area contributed by atoms with Crippen molar-refractivity contribution in [2.45, 2.75) is 159 Å². The fraction of sp³-hybridized carbons (Fsp3) is 0.857. The van der Waals surface area contributed by atoms with Gasteiger partial charge in [0.1, 0.15) is 17.3 Å². The zero-order valence-corrected chi connectivity index (χ0v) is 49.0. The van der Waals surface area contributed by atoms with Crippen LogP contribution in [0.25, 0.3) is 0 Å². The van der Waals surface area contributed by atoms with Crippen molar-refractivity contribution in [3.05, 3.63) is 0 Å². The maximum atomic E-state index is 15.1. The largest absolute Gasteiger partial charge is 0.356 e. The Bertz CT molecular complexity index is 1680. The predicted octanol–water partition coefficient (Wildman–Crippen LogP) is 5.35. The normalized spacial score (nSPS) is 13.9. The standard InChI is InChI=1S/C56H107N9O8/c1-17-21-24-57-48(68)37-43(39-54(5,6)46(66)35-42(20-4)51(71)59-25-22-18-2)50(70)56(9,10)41-44(52(72)61-28-30-65(16)34-32-63(13)14)36-47(67)55(7,8)40-45(53(73)60-26-23-19-3)38-49(69)58-27-29-64(15)33-31-62(11)12/h42-45H,17-41H2,1-16H3,(H,57,68)(H,58,69)(H,59,71)(H,60,73)(H,61,72). The van der Waals surface area contributed by atoms with Crippen LogP contribution >= 0.6 is 0 Å². The Kier molecular flexibility index (Phi) is 34.3. The van der Waals surface area contributed by atoms with E-state index in [-0.39, 0.29) is 91.8 Å². The van der Waals surface area contributed by atoms with Crippen molar-refractivity contribution in [1.82, 2.24) is 46.2 Å². The van der Waals surface area contributed by atoms with Gasteiger partial charge in [-0.15, -0.1) is 0 Å². The Balaban J connectivity index is 6.92. The molecular weight excluding hydrogens is 927 g/mol. The summed E-state index contributed by atoms with van der Waals surface area (Å²) in [7, 11) is 12.0. The van der Waals surface area contributed by atoms with Crippen LogP contribution < -0.4 is 26.6 Å². The van der Waals surface area contributed by atoms with Crippen molar-refractivity contribution in [3.63, 3.8) is 0 Å². The highest BCUT2D eigenvalue weighted by Gasteiger charge is 2.44. The van der Waals surface area contributed by atoms with Crippen molar-refractivity contribution in [3.8, 4) is 0 Å². The highest BCUT2D eigenvalue weighted by atomic mass is 16.2. The fourth-order valence-electron chi connectivity index (χ4n) is 8.85. The molecule has 5 N–H and O–H groups in total. The molecule has 0 bridgehead atoms. The molecule has 0 fully saturated rings. The Morgan fingerprint density at radius 1 is 0.384 bits per heavy atom. The van der Waals surface area contributed by atoms with E-state index in [0.29, 0.717) is 52.2 Å². The second kappa shape index (κ2) is 36.2. The number of ketones is 3. The quantitative estimate of drug-likeness (QED) is 0.0491. The van der Waals surface area contributed by atoms with Crippen LogP contribution in [0.5, 0.6) is 0 Å². The Hall–Kier alpha value is -3.80. The third-order valence-electron chi connectivity index (χ3n) is 14.1. The summed E-state index contributed by atoms with van der Waals surface area (Å²) < 4.78 is 0. The van der Waals surface area contributed by atoms with Gasteiger partial charge in [0.15, 0.2) is 0 Å². The van der Waals surface area contributed by atoms with Crippen molar-refractivity contribution in [2.24, 2.45) is 39.9 Å². The van der Waals surface area contributed by atoms with Crippen LogP contribution in [0.4, 0.5) is 0 Å². The van der Waals surface area contributed by atoms with Crippen LogP contribution in [0.3, 0.4) is 0 Å². The smallest absolute Gasteiger partial charge is 0.223 e. The summed E-state index contributed by atoms with van der Waals surface area (Å²) in [5.74, 6) is -5.44. The van der Waals surface area contributed by atoms with Gasteiger partial charge in [0.25, 0.3) is 0 Å². The number of nitrogens with one attached hydrogen (secondary N) is 5. The molecule has 0 radical (unpaired) electrons. The first-order chi connectivity index (χ1) is 34.1. The van der Waals surface area contributed by atoms with Crippen molar-refractivity contribution < 1.29 is 38.4 Å². The van der Waals surface area contributed by atoms with Crippen LogP contribution in [0, 0.1) is 39.9 Å². The van der Waals surface area contributed by atoms with Crippen LogP contribution in [0.1, 0.15) is 159 Å². The van der Waals surface area contributed by atoms with Gasteiger partial charge in [-0.25, -0.2) is 0 Å². The first-order valence-electron chi connectivity index (χ1n) is 27.7. The third kappa shape index (κ3) is 29.8. The molecule has 73 heavy (non-hydrogen) atoms. The zero-order chi connectivity index (χ0) is 56.0. The summed E-state index contributed by atoms with van der Waals surface area (Å²) in [6, 6.07) is 0. The first-order valence-corrected chi connectivity index (χ1v) is 27.7. The number of unbranched alkanes of at least 4 members (excludes halogenated alkanes) is 3. The van der Waals surface area contributed by atoms with Crippen LogP contribution in [0.15, 0.2) is 0 Å². The van der Waals surface area contributed by atoms with Gasteiger partial charge in [-0.05, 0) is 87.2 Å². The minimum absolute atomic E-state index is 0.000240. The number of amides is 5. The molecule has 0 aliphatic carbocycles. The fourth-order valence-corrected chi connectivity index (χ4v) is 8.85. The molecule has 0 spiro atoms. The Labute approximate surface area is 443 Å². The van der Waals surface area contributed by atoms with E-state index in [1.165, 1.54) is 0 Å². The minimum atomic E-state index is -1.24. The molecule has 0 heterocycles. The first kappa shape index (κ1) is 69.2. The van der Waals surface area contributed by atoms with Gasteiger partial charge in [0.2, 0.25) is 29.5 Å². The van der Waals surface area contributed by atoms with E-state index in [0.717, 1.165) is 64.7 Å². The third-order valence-corrected chi connectivity index (χ3v) is 14.1. The molecule has 17 heteroatoms. The van der Waals surface area contributed by atoms with E-state index >= 15 is 4.79 Å². The summed E-state index contributed by atoms with van der Waals surface area (Å²) in [5.41, 5.74) is -3.47. The lowest BCUT2D eigenvalue weighted by Crippen LogP contribution is -2.44. The van der Waals surface area contributed by atoms with E-state index < -0.39 is 39.9 Å². The topological polar surface area (TPSA) is 210 Å². The van der Waals surface area contributed by atoms with E-state index in [4.69, 9.17) is 0 Å². The van der Waals surface area contributed by atoms with E-state index in [1.807, 2.05) is 70.0 Å². The zero-order valence-electron chi connectivity index (χ0n) is 49.0. The molecule has 0 rings (SSSR count). The van der Waals surface area contributed by atoms with Gasteiger partial charge in [-0.3, -0.25) is 38.4 Å². The highest BCUT2D eigenvalue weighted by Crippen LogP contribution is 2.40. The number of carbonyl (C=O) groups is 8. The average molecular weight is 1030 g/mol. The molecule has 0 aromatic rings. The lowest BCUT2D eigenvalue weighted by molar-refractivity contribution is -0.141. The highest BCUT2D eigenvalue weighted by molar-refractivity contribution is 5.95. The second-order valence-electron chi connectivity index (χ2n) is 23.3. The molecule has 0 aromatic heterocycles. The van der Waals surface area contributed by atoms with Gasteiger partial charge in [0.05, 0.1) is 0 Å². The lowest BCUT2D eigenvalue weighted by atomic mass is 9.67. The molecule has 424 valence electrons. The number of likely N-dealkylation sites (N-methyl/N-ethyl adjacent to an activating group) is 4. The number of carbonyl (C=O) groups excluding carboxylic acids is 8. The SMILES string of the molecule is CCCCNC(=O)CC(CC(C)(C)C(=O)CC(CC)C(=O)NCCCC)C(=O)C(C)(C)CC(CC(=O)C(C)(C)CC(CC(=O)NCCN(C)CCN(C)C)C(=O)NCCCC)C(=O)NCCN(C)CCN(C)C. The number of hydrogen-bond donors (Lipinski definition) is 5. The molecule has 0 saturated heterocycles. The summed E-state index contributed by atoms with van der Waals surface area (Å²) in [6.45, 7) is 25.1. The molecule has 0 aromatic carbocycles. The van der Waals surface area contributed by atoms with Crippen LogP contribution in [-0.2, 0) is 38.4 Å².